The topological polar surface area (TPSA) is 52.6 Å². The maximum absolute atomic E-state index is 12.5. The van der Waals surface area contributed by atoms with Crippen molar-refractivity contribution in [1.82, 2.24) is 0 Å². The molecule has 0 heterocycles. The summed E-state index contributed by atoms with van der Waals surface area (Å²) in [6.07, 6.45) is 2.64. The third kappa shape index (κ3) is 1.51. The lowest BCUT2D eigenvalue weighted by atomic mass is 9.61. The van der Waals surface area contributed by atoms with Gasteiger partial charge in [0.25, 0.3) is 0 Å². The molecular formula is C13H18O4. The number of carbonyl (C=O) groups is 2. The van der Waals surface area contributed by atoms with Crippen molar-refractivity contribution in [2.75, 3.05) is 14.2 Å². The lowest BCUT2D eigenvalue weighted by Gasteiger charge is -2.49. The largest absolute Gasteiger partial charge is 0.347 e. The van der Waals surface area contributed by atoms with Crippen molar-refractivity contribution in [2.45, 2.75) is 26.1 Å². The second-order valence-electron chi connectivity index (χ2n) is 4.89. The number of rotatable bonds is 3. The molecule has 0 amide bonds. The van der Waals surface area contributed by atoms with Crippen molar-refractivity contribution in [3.05, 3.63) is 11.6 Å². The van der Waals surface area contributed by atoms with Gasteiger partial charge < -0.3 is 9.47 Å². The maximum atomic E-state index is 12.5. The Hall–Kier alpha value is -1.00. The van der Waals surface area contributed by atoms with Gasteiger partial charge in [-0.3, -0.25) is 9.59 Å². The van der Waals surface area contributed by atoms with Crippen LogP contribution >= 0.6 is 0 Å². The van der Waals surface area contributed by atoms with Gasteiger partial charge >= 0.3 is 0 Å². The SMILES string of the molecule is COC1(OC)C(=O)[C@H]2C(C)=C[C@@H]1C[C@@H]2C(C)=O. The normalized spacial score (nSPS) is 34.7. The number of hydrogen-bond donors (Lipinski definition) is 0. The maximum Gasteiger partial charge on any atom is 0.235 e. The summed E-state index contributed by atoms with van der Waals surface area (Å²) in [6.45, 7) is 3.45. The van der Waals surface area contributed by atoms with Gasteiger partial charge in [0.15, 0.2) is 5.78 Å². The summed E-state index contributed by atoms with van der Waals surface area (Å²) in [4.78, 5) is 24.1. The van der Waals surface area contributed by atoms with Gasteiger partial charge in [-0.2, -0.15) is 0 Å². The third-order valence-corrected chi connectivity index (χ3v) is 4.11. The second kappa shape index (κ2) is 4.03. The molecule has 0 aromatic carbocycles. The molecular weight excluding hydrogens is 220 g/mol. The highest BCUT2D eigenvalue weighted by Crippen LogP contribution is 2.49. The smallest absolute Gasteiger partial charge is 0.235 e. The fourth-order valence-electron chi connectivity index (χ4n) is 3.26. The molecule has 0 spiro atoms. The molecule has 3 aliphatic rings. The van der Waals surface area contributed by atoms with E-state index in [0.717, 1.165) is 5.57 Å². The molecule has 0 N–H and O–H groups in total. The van der Waals surface area contributed by atoms with Gasteiger partial charge in [0, 0.05) is 26.1 Å². The number of ether oxygens (including phenoxy) is 2. The number of allylic oxidation sites excluding steroid dienone is 1. The zero-order valence-electron chi connectivity index (χ0n) is 10.6. The minimum Gasteiger partial charge on any atom is -0.347 e. The third-order valence-electron chi connectivity index (χ3n) is 4.11. The Labute approximate surface area is 101 Å². The molecule has 94 valence electrons. The van der Waals surface area contributed by atoms with Crippen LogP contribution in [0.5, 0.6) is 0 Å². The highest BCUT2D eigenvalue weighted by Gasteiger charge is 2.59. The van der Waals surface area contributed by atoms with Crippen LogP contribution in [0.15, 0.2) is 11.6 Å². The number of hydrogen-bond acceptors (Lipinski definition) is 4. The van der Waals surface area contributed by atoms with Crippen molar-refractivity contribution in [2.24, 2.45) is 17.8 Å². The average molecular weight is 238 g/mol. The van der Waals surface area contributed by atoms with E-state index in [2.05, 4.69) is 0 Å². The molecule has 0 saturated heterocycles. The molecule has 4 heteroatoms. The molecule has 0 radical (unpaired) electrons. The van der Waals surface area contributed by atoms with E-state index in [9.17, 15) is 9.59 Å². The summed E-state index contributed by atoms with van der Waals surface area (Å²) in [7, 11) is 2.96. The second-order valence-corrected chi connectivity index (χ2v) is 4.89. The molecule has 17 heavy (non-hydrogen) atoms. The van der Waals surface area contributed by atoms with Crippen LogP contribution in [0.4, 0.5) is 0 Å². The van der Waals surface area contributed by atoms with Gasteiger partial charge in [-0.1, -0.05) is 11.6 Å². The molecule has 1 fully saturated rings. The number of ketones is 2. The molecule has 3 atom stereocenters. The summed E-state index contributed by atoms with van der Waals surface area (Å²) in [5, 5.41) is 0. The van der Waals surface area contributed by atoms with Crippen LogP contribution in [0, 0.1) is 17.8 Å². The van der Waals surface area contributed by atoms with E-state index >= 15 is 0 Å². The monoisotopic (exact) mass is 238 g/mol. The van der Waals surface area contributed by atoms with Crippen LogP contribution in [0.2, 0.25) is 0 Å². The molecule has 0 unspecified atom stereocenters. The Balaban J connectivity index is 2.47. The standard InChI is InChI=1S/C13H18O4/c1-7-5-9-6-10(8(2)14)11(7)12(15)13(9,16-3)17-4/h5,9-11H,6H2,1-4H3/t9-,10-,11+/m1/s1. The number of fused-ring (bicyclic) bond motifs is 2. The average Bonchev–Trinajstić information content (AvgIpc) is 2.29. The van der Waals surface area contributed by atoms with Gasteiger partial charge in [0.1, 0.15) is 5.78 Å². The van der Waals surface area contributed by atoms with Crippen molar-refractivity contribution >= 4 is 11.6 Å². The van der Waals surface area contributed by atoms with Gasteiger partial charge in [-0.05, 0) is 20.3 Å². The number of carbonyl (C=O) groups excluding carboxylic acids is 2. The molecule has 4 nitrogen and oxygen atoms in total. The van der Waals surface area contributed by atoms with E-state index in [1.165, 1.54) is 14.2 Å². The minimum absolute atomic E-state index is 0.0709. The van der Waals surface area contributed by atoms with E-state index in [1.807, 2.05) is 13.0 Å². The number of methoxy groups -OCH3 is 2. The summed E-state index contributed by atoms with van der Waals surface area (Å²) >= 11 is 0. The minimum atomic E-state index is -1.18. The fraction of sp³-hybridized carbons (Fsp3) is 0.692. The molecule has 0 aliphatic heterocycles. The zero-order valence-corrected chi connectivity index (χ0v) is 10.6. The predicted molar refractivity (Wildman–Crippen MR) is 61.3 cm³/mol. The van der Waals surface area contributed by atoms with Crippen LogP contribution in [0.1, 0.15) is 20.3 Å². The van der Waals surface area contributed by atoms with Crippen LogP contribution in [0.25, 0.3) is 0 Å². The van der Waals surface area contributed by atoms with E-state index in [0.29, 0.717) is 6.42 Å². The Morgan fingerprint density at radius 1 is 1.41 bits per heavy atom. The zero-order chi connectivity index (χ0) is 12.8. The van der Waals surface area contributed by atoms with Gasteiger partial charge in [-0.15, -0.1) is 0 Å². The molecule has 3 rings (SSSR count). The lowest BCUT2D eigenvalue weighted by Crippen LogP contribution is -2.60. The summed E-state index contributed by atoms with van der Waals surface area (Å²) in [5.41, 5.74) is 0.969. The first-order chi connectivity index (χ1) is 7.97. The highest BCUT2D eigenvalue weighted by molar-refractivity contribution is 5.98. The Morgan fingerprint density at radius 2 is 2.00 bits per heavy atom. The van der Waals surface area contributed by atoms with Gasteiger partial charge in [-0.25, -0.2) is 0 Å². The predicted octanol–water partition coefficient (Wildman–Crippen LogP) is 1.35. The quantitative estimate of drug-likeness (QED) is 0.550. The summed E-state index contributed by atoms with van der Waals surface area (Å²) < 4.78 is 10.6. The van der Waals surface area contributed by atoms with E-state index in [4.69, 9.17) is 9.47 Å². The van der Waals surface area contributed by atoms with Gasteiger partial charge in [0.2, 0.25) is 5.79 Å². The van der Waals surface area contributed by atoms with Crippen LogP contribution in [0.3, 0.4) is 0 Å². The van der Waals surface area contributed by atoms with Gasteiger partial charge in [0.05, 0.1) is 5.92 Å². The van der Waals surface area contributed by atoms with Crippen molar-refractivity contribution in [3.63, 3.8) is 0 Å². The van der Waals surface area contributed by atoms with E-state index in [1.54, 1.807) is 6.92 Å². The Morgan fingerprint density at radius 3 is 2.41 bits per heavy atom. The van der Waals surface area contributed by atoms with E-state index in [-0.39, 0.29) is 29.3 Å². The first-order valence-corrected chi connectivity index (χ1v) is 5.81. The molecule has 2 bridgehead atoms. The van der Waals surface area contributed by atoms with Crippen molar-refractivity contribution in [3.8, 4) is 0 Å². The Kier molecular flexibility index (Phi) is 2.96. The van der Waals surface area contributed by atoms with Crippen molar-refractivity contribution < 1.29 is 19.1 Å². The number of Topliss-reactive ketones (excluding diaryl/α,β-unsaturated/α-hetero) is 2. The highest BCUT2D eigenvalue weighted by atomic mass is 16.7. The van der Waals surface area contributed by atoms with Crippen LogP contribution < -0.4 is 0 Å². The molecule has 1 saturated carbocycles. The molecule has 0 aromatic rings. The fourth-order valence-corrected chi connectivity index (χ4v) is 3.26. The van der Waals surface area contributed by atoms with Crippen LogP contribution in [-0.2, 0) is 19.1 Å². The van der Waals surface area contributed by atoms with E-state index < -0.39 is 5.79 Å². The summed E-state index contributed by atoms with van der Waals surface area (Å²) in [5.74, 6) is -1.98. The lowest BCUT2D eigenvalue weighted by molar-refractivity contribution is -0.240. The Bertz CT molecular complexity index is 392. The molecule has 0 aromatic heterocycles. The summed E-state index contributed by atoms with van der Waals surface area (Å²) in [6, 6.07) is 0. The first kappa shape index (κ1) is 12.5. The van der Waals surface area contributed by atoms with Crippen LogP contribution in [-0.4, -0.2) is 31.6 Å². The first-order valence-electron chi connectivity index (χ1n) is 5.81. The van der Waals surface area contributed by atoms with Crippen molar-refractivity contribution in [1.29, 1.82) is 0 Å². The molecule has 3 aliphatic carbocycles.